The first-order valence-corrected chi connectivity index (χ1v) is 12.4. The van der Waals surface area contributed by atoms with Crippen LogP contribution in [0.15, 0.2) is 53.9 Å². The molecule has 1 aromatic carbocycles. The van der Waals surface area contributed by atoms with Crippen molar-refractivity contribution in [3.05, 3.63) is 59.9 Å². The van der Waals surface area contributed by atoms with Crippen molar-refractivity contribution >= 4 is 23.7 Å². The monoisotopic (exact) mass is 480 g/mol. The number of amides is 2. The van der Waals surface area contributed by atoms with Crippen molar-refractivity contribution in [2.45, 2.75) is 55.1 Å². The van der Waals surface area contributed by atoms with Gasteiger partial charge in [0.1, 0.15) is 0 Å². The lowest BCUT2D eigenvalue weighted by Gasteiger charge is -2.30. The Kier molecular flexibility index (Phi) is 11.1. The zero-order valence-electron chi connectivity index (χ0n) is 22.4. The Morgan fingerprint density at radius 3 is 2.20 bits per heavy atom. The number of aryl methyl sites for hydroxylation is 2. The van der Waals surface area contributed by atoms with E-state index in [1.54, 1.807) is 0 Å². The van der Waals surface area contributed by atoms with E-state index in [2.05, 4.69) is 49.1 Å². The van der Waals surface area contributed by atoms with Crippen LogP contribution in [0.1, 0.15) is 45.7 Å². The quantitative estimate of drug-likeness (QED) is 0.202. The van der Waals surface area contributed by atoms with Gasteiger partial charge in [0, 0.05) is 43.2 Å². The van der Waals surface area contributed by atoms with Crippen LogP contribution < -0.4 is 9.88 Å². The van der Waals surface area contributed by atoms with Gasteiger partial charge < -0.3 is 10.2 Å². The molecule has 35 heavy (non-hydrogen) atoms. The maximum atomic E-state index is 13.6. The van der Waals surface area contributed by atoms with Crippen LogP contribution in [-0.4, -0.2) is 47.6 Å². The summed E-state index contributed by atoms with van der Waals surface area (Å²) in [6.45, 7) is 17.2. The van der Waals surface area contributed by atoms with Crippen LogP contribution in [0.2, 0.25) is 0 Å². The van der Waals surface area contributed by atoms with Crippen LogP contribution in [0.5, 0.6) is 0 Å². The lowest BCUT2D eigenvalue weighted by molar-refractivity contribution is -0.712. The van der Waals surface area contributed by atoms with Gasteiger partial charge >= 0.3 is 0 Å². The van der Waals surface area contributed by atoms with Gasteiger partial charge in [0.2, 0.25) is 19.0 Å². The Balaban J connectivity index is 2.34. The lowest BCUT2D eigenvalue weighted by atomic mass is 10.00. The summed E-state index contributed by atoms with van der Waals surface area (Å²) in [4.78, 5) is 27.7. The molecule has 0 bridgehead atoms. The van der Waals surface area contributed by atoms with E-state index in [4.69, 9.17) is 0 Å². The molecule has 0 saturated carbocycles. The van der Waals surface area contributed by atoms with E-state index < -0.39 is 5.92 Å². The molecule has 7 nitrogen and oxygen atoms in total. The molecular formula is C28H42N5O2+. The minimum atomic E-state index is -0.503. The second-order valence-electron chi connectivity index (χ2n) is 10.2. The first kappa shape index (κ1) is 28.2. The highest BCUT2D eigenvalue weighted by Crippen LogP contribution is 2.19. The van der Waals surface area contributed by atoms with Gasteiger partial charge in [0.25, 0.3) is 0 Å². The summed E-state index contributed by atoms with van der Waals surface area (Å²) in [6.07, 6.45) is 4.44. The maximum absolute atomic E-state index is 13.6. The minimum absolute atomic E-state index is 0.117. The first-order chi connectivity index (χ1) is 16.6. The molecule has 0 aliphatic carbocycles. The molecule has 1 heterocycles. The molecule has 0 aliphatic rings. The third-order valence-electron chi connectivity index (χ3n) is 5.64. The molecular weight excluding hydrogens is 438 g/mol. The molecule has 1 N–H and O–H groups in total. The van der Waals surface area contributed by atoms with E-state index in [1.807, 2.05) is 68.1 Å². The summed E-state index contributed by atoms with van der Waals surface area (Å²) in [7, 11) is 0. The number of anilines is 1. The van der Waals surface area contributed by atoms with Gasteiger partial charge in [-0.05, 0) is 44.2 Å². The number of hydrazone groups is 1. The largest absolute Gasteiger partial charge is 0.325 e. The van der Waals surface area contributed by atoms with Crippen molar-refractivity contribution in [3.63, 3.8) is 0 Å². The molecule has 190 valence electrons. The van der Waals surface area contributed by atoms with Gasteiger partial charge in [0.15, 0.2) is 12.4 Å². The Morgan fingerprint density at radius 2 is 1.66 bits per heavy atom. The van der Waals surface area contributed by atoms with Gasteiger partial charge in [0.05, 0.1) is 5.92 Å². The predicted molar refractivity (Wildman–Crippen MR) is 142 cm³/mol. The number of carbonyl (C=O) groups excluding carboxylic acids is 2. The normalized spacial score (nSPS) is 12.8. The number of carbonyl (C=O) groups is 2. The molecule has 1 aromatic heterocycles. The molecule has 0 fully saturated rings. The molecule has 0 aliphatic heterocycles. The fourth-order valence-electron chi connectivity index (χ4n) is 4.15. The fraction of sp³-hybridized carbons (Fsp3) is 0.500. The summed E-state index contributed by atoms with van der Waals surface area (Å²) in [5, 5.41) is 9.02. The van der Waals surface area contributed by atoms with Gasteiger partial charge in [-0.25, -0.2) is 0 Å². The van der Waals surface area contributed by atoms with Crippen molar-refractivity contribution in [1.29, 1.82) is 0 Å². The van der Waals surface area contributed by atoms with Crippen molar-refractivity contribution in [2.24, 2.45) is 22.9 Å². The zero-order valence-corrected chi connectivity index (χ0v) is 22.4. The molecule has 2 aromatic rings. The first-order valence-electron chi connectivity index (χ1n) is 12.4. The number of rotatable bonds is 13. The Hall–Kier alpha value is -3.06. The molecule has 0 saturated heterocycles. The predicted octanol–water partition coefficient (Wildman–Crippen LogP) is 4.25. The van der Waals surface area contributed by atoms with Crippen molar-refractivity contribution in [2.75, 3.05) is 25.0 Å². The number of benzene rings is 1. The van der Waals surface area contributed by atoms with Crippen molar-refractivity contribution in [3.8, 4) is 0 Å². The zero-order chi connectivity index (χ0) is 26.0. The van der Waals surface area contributed by atoms with E-state index in [0.29, 0.717) is 30.5 Å². The number of nitrogens with one attached hydrogen (secondary N) is 1. The summed E-state index contributed by atoms with van der Waals surface area (Å²) in [5.74, 6) is 0.315. The van der Waals surface area contributed by atoms with Crippen LogP contribution in [-0.2, 0) is 16.3 Å². The average Bonchev–Trinajstić information content (AvgIpc) is 2.78. The van der Waals surface area contributed by atoms with E-state index in [0.717, 1.165) is 29.9 Å². The molecule has 0 radical (unpaired) electrons. The highest BCUT2D eigenvalue weighted by Gasteiger charge is 2.27. The smallest absolute Gasteiger partial charge is 0.245 e. The summed E-state index contributed by atoms with van der Waals surface area (Å²) in [5.41, 5.74) is 3.57. The van der Waals surface area contributed by atoms with E-state index in [9.17, 15) is 9.59 Å². The Morgan fingerprint density at radius 1 is 1.03 bits per heavy atom. The molecule has 2 amide bonds. The molecule has 2 rings (SSSR count). The second kappa shape index (κ2) is 13.7. The highest BCUT2D eigenvalue weighted by atomic mass is 16.2. The van der Waals surface area contributed by atoms with Crippen molar-refractivity contribution in [1.82, 2.24) is 9.91 Å². The van der Waals surface area contributed by atoms with E-state index in [-0.39, 0.29) is 12.6 Å². The average molecular weight is 481 g/mol. The Labute approximate surface area is 210 Å². The summed E-state index contributed by atoms with van der Waals surface area (Å²) in [6, 6.07) is 11.7. The van der Waals surface area contributed by atoms with Crippen molar-refractivity contribution < 1.29 is 14.2 Å². The lowest BCUT2D eigenvalue weighted by Crippen LogP contribution is -2.44. The summed E-state index contributed by atoms with van der Waals surface area (Å²) < 4.78 is 1.86. The number of aromatic nitrogens is 1. The van der Waals surface area contributed by atoms with E-state index in [1.165, 1.54) is 5.01 Å². The number of nitrogens with zero attached hydrogens (tertiary/aromatic N) is 4. The third kappa shape index (κ3) is 9.61. The van der Waals surface area contributed by atoms with Crippen LogP contribution in [0.25, 0.3) is 0 Å². The SMILES string of the molecule is C/C(=N/N(C=O)C[n+]1ccccc1)[C@@H](CN(CC(C)C)CC(C)C)C(=O)Nc1ccc(C)cc1C. The third-order valence-corrected chi connectivity index (χ3v) is 5.64. The van der Waals surface area contributed by atoms with Gasteiger partial charge in [-0.1, -0.05) is 51.5 Å². The fourth-order valence-corrected chi connectivity index (χ4v) is 4.15. The second-order valence-corrected chi connectivity index (χ2v) is 10.2. The topological polar surface area (TPSA) is 68.9 Å². The number of hydrogen-bond donors (Lipinski definition) is 1. The summed E-state index contributed by atoms with van der Waals surface area (Å²) >= 11 is 0. The van der Waals surface area contributed by atoms with Crippen LogP contribution >= 0.6 is 0 Å². The maximum Gasteiger partial charge on any atom is 0.245 e. The standard InChI is InChI=1S/C28H41N5O2/c1-21(2)16-32(17-22(3)4)18-26(28(35)29-27-12-11-23(5)15-24(27)6)25(7)30-33(20-34)19-31-13-9-8-10-14-31/h8-15,20-22,26H,16-19H2,1-7H3/p+1/b30-25-/t26-/m1/s1. The highest BCUT2D eigenvalue weighted by molar-refractivity contribution is 6.09. The minimum Gasteiger partial charge on any atom is -0.325 e. The van der Waals surface area contributed by atoms with Gasteiger partial charge in [-0.2, -0.15) is 14.7 Å². The van der Waals surface area contributed by atoms with Crippen LogP contribution in [0.4, 0.5) is 5.69 Å². The molecule has 0 spiro atoms. The van der Waals surface area contributed by atoms with E-state index >= 15 is 0 Å². The van der Waals surface area contributed by atoms with Gasteiger partial charge in [-0.3, -0.25) is 9.59 Å². The molecule has 7 heteroatoms. The number of hydrogen-bond acceptors (Lipinski definition) is 4. The Bertz CT molecular complexity index is 978. The molecule has 0 unspecified atom stereocenters. The molecule has 1 atom stereocenters. The van der Waals surface area contributed by atoms with Crippen LogP contribution in [0, 0.1) is 31.6 Å². The number of pyridine rings is 1. The van der Waals surface area contributed by atoms with Gasteiger partial charge in [-0.15, -0.1) is 0 Å². The van der Waals surface area contributed by atoms with Crippen LogP contribution in [0.3, 0.4) is 0 Å².